The van der Waals surface area contributed by atoms with E-state index < -0.39 is 27.8 Å². The van der Waals surface area contributed by atoms with Gasteiger partial charge in [0, 0.05) is 0 Å². The van der Waals surface area contributed by atoms with E-state index in [4.69, 9.17) is 0 Å². The van der Waals surface area contributed by atoms with Gasteiger partial charge in [-0.2, -0.15) is 0 Å². The molecule has 0 aliphatic carbocycles. The minimum absolute atomic E-state index is 0.820. The third-order valence-electron chi connectivity index (χ3n) is 3.49. The zero-order valence-electron chi connectivity index (χ0n) is 14.6. The smallest absolute Gasteiger partial charge is 0.313 e. The lowest BCUT2D eigenvalue weighted by Crippen LogP contribution is -2.86. The molecule has 3 radical (unpaired) electrons. The molecule has 1 saturated heterocycles. The van der Waals surface area contributed by atoms with Gasteiger partial charge in [-0.15, -0.1) is 0 Å². The molecule has 1 heterocycles. The molecule has 0 aromatic heterocycles. The van der Waals surface area contributed by atoms with Crippen LogP contribution in [0.3, 0.4) is 0 Å². The standard InChI is InChI=1S/C12H33N6Si3/c1-7-13-19-16(10-4)20(14-8-2)18(12-6)21(15-9-3)17(19)11-5/h13-15H,7-12H2,1-6H3. The van der Waals surface area contributed by atoms with Gasteiger partial charge in [0.05, 0.1) is 0 Å². The van der Waals surface area contributed by atoms with E-state index in [9.17, 15) is 0 Å². The average Bonchev–Trinajstić information content (AvgIpc) is 2.49. The fraction of sp³-hybridized carbons (Fsp3) is 1.00. The van der Waals surface area contributed by atoms with Crippen molar-refractivity contribution in [3.8, 4) is 0 Å². The van der Waals surface area contributed by atoms with E-state index in [0.29, 0.717) is 0 Å². The quantitative estimate of drug-likeness (QED) is 0.501. The van der Waals surface area contributed by atoms with Crippen LogP contribution in [-0.2, 0) is 0 Å². The van der Waals surface area contributed by atoms with E-state index in [1.165, 1.54) is 0 Å². The van der Waals surface area contributed by atoms with Gasteiger partial charge in [0.2, 0.25) is 0 Å². The van der Waals surface area contributed by atoms with E-state index in [1.54, 1.807) is 0 Å². The van der Waals surface area contributed by atoms with E-state index >= 15 is 0 Å². The van der Waals surface area contributed by atoms with Gasteiger partial charge in [-0.1, -0.05) is 41.5 Å². The Balaban J connectivity index is 3.11. The highest BCUT2D eigenvalue weighted by molar-refractivity contribution is 6.83. The number of hydrogen-bond donors (Lipinski definition) is 3. The fourth-order valence-electron chi connectivity index (χ4n) is 2.68. The van der Waals surface area contributed by atoms with Crippen LogP contribution in [0.5, 0.6) is 0 Å². The maximum atomic E-state index is 3.81. The van der Waals surface area contributed by atoms with Crippen LogP contribution < -0.4 is 14.9 Å². The molecule has 1 aliphatic heterocycles. The van der Waals surface area contributed by atoms with Gasteiger partial charge in [0.1, 0.15) is 0 Å². The lowest BCUT2D eigenvalue weighted by Gasteiger charge is -2.53. The molecule has 6 nitrogen and oxygen atoms in total. The van der Waals surface area contributed by atoms with Gasteiger partial charge in [0.15, 0.2) is 0 Å². The maximum Gasteiger partial charge on any atom is 0.314 e. The van der Waals surface area contributed by atoms with Crippen molar-refractivity contribution in [2.24, 2.45) is 0 Å². The molecule has 0 aromatic carbocycles. The van der Waals surface area contributed by atoms with Crippen LogP contribution in [0.4, 0.5) is 0 Å². The zero-order valence-corrected chi connectivity index (χ0v) is 17.6. The first-order valence-electron chi connectivity index (χ1n) is 8.34. The van der Waals surface area contributed by atoms with Gasteiger partial charge >= 0.3 is 27.8 Å². The summed E-state index contributed by atoms with van der Waals surface area (Å²) in [5.41, 5.74) is 0. The summed E-state index contributed by atoms with van der Waals surface area (Å²) in [6.07, 6.45) is 0. The number of hydrogen-bond acceptors (Lipinski definition) is 6. The second-order valence-electron chi connectivity index (χ2n) is 4.79. The molecule has 1 rings (SSSR count). The normalized spacial score (nSPS) is 21.4. The summed E-state index contributed by atoms with van der Waals surface area (Å²) >= 11 is 0. The highest BCUT2D eigenvalue weighted by Crippen LogP contribution is 2.15. The SMILES string of the molecule is CCN[Si]1N(CC)[Si](NCC)N(CC)[Si](NCC)N1CC. The van der Waals surface area contributed by atoms with Crippen molar-refractivity contribution in [3.05, 3.63) is 0 Å². The summed E-state index contributed by atoms with van der Waals surface area (Å²) in [6.45, 7) is 20.1. The van der Waals surface area contributed by atoms with Gasteiger partial charge in [0.25, 0.3) is 0 Å². The van der Waals surface area contributed by atoms with E-state index in [1.807, 2.05) is 0 Å². The Labute approximate surface area is 136 Å². The van der Waals surface area contributed by atoms with Crippen LogP contribution in [-0.4, -0.2) is 79.8 Å². The van der Waals surface area contributed by atoms with Crippen LogP contribution in [0.15, 0.2) is 0 Å². The summed E-state index contributed by atoms with van der Waals surface area (Å²) in [5, 5.41) is 0. The molecule has 21 heavy (non-hydrogen) atoms. The predicted molar refractivity (Wildman–Crippen MR) is 95.4 cm³/mol. The lowest BCUT2D eigenvalue weighted by atomic mass is 10.8. The van der Waals surface area contributed by atoms with Crippen molar-refractivity contribution in [1.29, 1.82) is 0 Å². The highest BCUT2D eigenvalue weighted by Gasteiger charge is 2.49. The minimum Gasteiger partial charge on any atom is -0.313 e. The number of rotatable bonds is 9. The molecule has 1 aliphatic rings. The Kier molecular flexibility index (Phi) is 9.48. The second kappa shape index (κ2) is 10.2. The summed E-state index contributed by atoms with van der Waals surface area (Å²) in [4.78, 5) is 11.4. The van der Waals surface area contributed by atoms with Crippen LogP contribution in [0.1, 0.15) is 41.5 Å². The molecule has 3 N–H and O–H groups in total. The zero-order chi connectivity index (χ0) is 15.8. The summed E-state index contributed by atoms with van der Waals surface area (Å²) < 4.78 is 8.21. The predicted octanol–water partition coefficient (Wildman–Crippen LogP) is -0.251. The minimum atomic E-state index is -0.820. The maximum absolute atomic E-state index is 3.81. The largest absolute Gasteiger partial charge is 0.314 e. The van der Waals surface area contributed by atoms with Crippen molar-refractivity contribution in [2.75, 3.05) is 39.3 Å². The summed E-state index contributed by atoms with van der Waals surface area (Å²) in [7, 11) is -2.46. The van der Waals surface area contributed by atoms with E-state index in [2.05, 4.69) is 69.2 Å². The number of nitrogens with zero attached hydrogens (tertiary/aromatic N) is 3. The van der Waals surface area contributed by atoms with Gasteiger partial charge in [-0.25, -0.2) is 0 Å². The molecule has 0 aromatic rings. The van der Waals surface area contributed by atoms with Gasteiger partial charge < -0.3 is 14.9 Å². The third kappa shape index (κ3) is 4.45. The molecule has 9 heteroatoms. The topological polar surface area (TPSA) is 45.8 Å². The Morgan fingerprint density at radius 2 is 0.762 bits per heavy atom. The van der Waals surface area contributed by atoms with Crippen LogP contribution >= 0.6 is 0 Å². The van der Waals surface area contributed by atoms with Crippen molar-refractivity contribution in [1.82, 2.24) is 27.6 Å². The molecule has 0 amide bonds. The molecular formula is C12H33N6Si3. The summed E-state index contributed by atoms with van der Waals surface area (Å²) in [5.74, 6) is 0. The molecule has 0 unspecified atom stereocenters. The third-order valence-corrected chi connectivity index (χ3v) is 14.3. The Hall–Kier alpha value is 0.411. The average molecular weight is 346 g/mol. The van der Waals surface area contributed by atoms with Crippen molar-refractivity contribution < 1.29 is 0 Å². The van der Waals surface area contributed by atoms with Crippen molar-refractivity contribution in [3.63, 3.8) is 0 Å². The van der Waals surface area contributed by atoms with Gasteiger partial charge in [-0.05, 0) is 39.3 Å². The molecule has 1 fully saturated rings. The molecule has 0 saturated carbocycles. The first-order valence-corrected chi connectivity index (χ1v) is 12.5. The summed E-state index contributed by atoms with van der Waals surface area (Å²) in [6, 6.07) is 0. The fourth-order valence-corrected chi connectivity index (χ4v) is 14.4. The molecule has 0 spiro atoms. The molecule has 0 bridgehead atoms. The van der Waals surface area contributed by atoms with Crippen LogP contribution in [0, 0.1) is 0 Å². The van der Waals surface area contributed by atoms with Crippen LogP contribution in [0.2, 0.25) is 0 Å². The molecule has 123 valence electrons. The van der Waals surface area contributed by atoms with Gasteiger partial charge in [-0.3, -0.25) is 12.7 Å². The van der Waals surface area contributed by atoms with E-state index in [0.717, 1.165) is 39.3 Å². The van der Waals surface area contributed by atoms with Crippen LogP contribution in [0.25, 0.3) is 0 Å². The first-order chi connectivity index (χ1) is 10.2. The van der Waals surface area contributed by atoms with E-state index in [-0.39, 0.29) is 0 Å². The second-order valence-corrected chi connectivity index (χ2v) is 12.4. The monoisotopic (exact) mass is 345 g/mol. The van der Waals surface area contributed by atoms with Crippen molar-refractivity contribution >= 4 is 27.8 Å². The highest BCUT2D eigenvalue weighted by atomic mass is 28.4. The molecule has 0 atom stereocenters. The lowest BCUT2D eigenvalue weighted by molar-refractivity contribution is 0.417. The first kappa shape index (κ1) is 19.5. The Bertz CT molecular complexity index is 231. The van der Waals surface area contributed by atoms with Crippen molar-refractivity contribution in [2.45, 2.75) is 41.5 Å². The molecular weight excluding hydrogens is 312 g/mol. The number of nitrogens with one attached hydrogen (secondary N) is 3. The Morgan fingerprint density at radius 1 is 0.524 bits per heavy atom. The Morgan fingerprint density at radius 3 is 0.905 bits per heavy atom.